The number of likely N-dealkylation sites (tertiary alicyclic amines) is 1. The van der Waals surface area contributed by atoms with Crippen molar-refractivity contribution in [1.29, 1.82) is 0 Å². The molecule has 0 bridgehead atoms. The minimum atomic E-state index is -0.148. The SMILES string of the molecule is O=C(c1ccsc1)N1CCC2(CC1)C[C@@H](Oc1ccccn1)CO2. The average Bonchev–Trinajstić information content (AvgIpc) is 3.27. The Labute approximate surface area is 145 Å². The van der Waals surface area contributed by atoms with Crippen LogP contribution in [0.3, 0.4) is 0 Å². The largest absolute Gasteiger partial charge is 0.472 e. The van der Waals surface area contributed by atoms with E-state index in [1.807, 2.05) is 39.9 Å². The van der Waals surface area contributed by atoms with E-state index >= 15 is 0 Å². The Morgan fingerprint density at radius 3 is 2.92 bits per heavy atom. The molecule has 2 aromatic heterocycles. The van der Waals surface area contributed by atoms with E-state index in [-0.39, 0.29) is 17.6 Å². The first-order valence-corrected chi connectivity index (χ1v) is 9.22. The molecular weight excluding hydrogens is 324 g/mol. The van der Waals surface area contributed by atoms with Gasteiger partial charge in [-0.25, -0.2) is 4.98 Å². The van der Waals surface area contributed by atoms with Gasteiger partial charge in [0, 0.05) is 37.2 Å². The summed E-state index contributed by atoms with van der Waals surface area (Å²) in [5.41, 5.74) is 0.643. The predicted octanol–water partition coefficient (Wildman–Crippen LogP) is 2.99. The van der Waals surface area contributed by atoms with Crippen LogP contribution in [-0.2, 0) is 4.74 Å². The number of carbonyl (C=O) groups is 1. The number of hydrogen-bond donors (Lipinski definition) is 0. The number of aromatic nitrogens is 1. The Hall–Kier alpha value is -1.92. The number of thiophene rings is 1. The van der Waals surface area contributed by atoms with Crippen LogP contribution in [0.2, 0.25) is 0 Å². The highest BCUT2D eigenvalue weighted by molar-refractivity contribution is 7.08. The monoisotopic (exact) mass is 344 g/mol. The Morgan fingerprint density at radius 2 is 2.21 bits per heavy atom. The molecular formula is C18H20N2O3S. The van der Waals surface area contributed by atoms with Gasteiger partial charge in [-0.05, 0) is 30.4 Å². The van der Waals surface area contributed by atoms with E-state index in [1.54, 1.807) is 17.5 Å². The van der Waals surface area contributed by atoms with Crippen molar-refractivity contribution in [2.75, 3.05) is 19.7 Å². The number of pyridine rings is 1. The minimum absolute atomic E-state index is 0.0408. The summed E-state index contributed by atoms with van der Waals surface area (Å²) in [5, 5.41) is 3.85. The standard InChI is InChI=1S/C18H20N2O3S/c21-17(14-4-10-24-13-14)20-8-5-18(6-9-20)11-15(12-22-18)23-16-3-1-2-7-19-16/h1-4,7,10,13,15H,5-6,8-9,11-12H2/t15-/m1/s1. The minimum Gasteiger partial charge on any atom is -0.472 e. The number of hydrogen-bond acceptors (Lipinski definition) is 5. The molecule has 2 fully saturated rings. The molecule has 5 nitrogen and oxygen atoms in total. The fourth-order valence-electron chi connectivity index (χ4n) is 3.50. The summed E-state index contributed by atoms with van der Waals surface area (Å²) in [6.07, 6.45) is 4.37. The molecule has 2 aliphatic heterocycles. The van der Waals surface area contributed by atoms with Crippen LogP contribution < -0.4 is 4.74 Å². The summed E-state index contributed by atoms with van der Waals surface area (Å²) in [7, 11) is 0. The van der Waals surface area contributed by atoms with Crippen LogP contribution in [0.1, 0.15) is 29.6 Å². The number of nitrogens with zero attached hydrogens (tertiary/aromatic N) is 2. The molecule has 0 radical (unpaired) electrons. The second kappa shape index (κ2) is 6.53. The summed E-state index contributed by atoms with van der Waals surface area (Å²) < 4.78 is 12.0. The van der Waals surface area contributed by atoms with Crippen LogP contribution in [0.5, 0.6) is 5.88 Å². The molecule has 2 aromatic rings. The van der Waals surface area contributed by atoms with Gasteiger partial charge in [0.1, 0.15) is 6.10 Å². The maximum absolute atomic E-state index is 12.4. The summed E-state index contributed by atoms with van der Waals surface area (Å²) in [6, 6.07) is 7.55. The fourth-order valence-corrected chi connectivity index (χ4v) is 4.13. The normalized spacial score (nSPS) is 22.7. The molecule has 6 heteroatoms. The Balaban J connectivity index is 1.33. The van der Waals surface area contributed by atoms with Gasteiger partial charge in [0.05, 0.1) is 17.8 Å². The topological polar surface area (TPSA) is 51.7 Å². The Bertz CT molecular complexity index is 682. The molecule has 0 unspecified atom stereocenters. The van der Waals surface area contributed by atoms with Crippen LogP contribution in [0.4, 0.5) is 0 Å². The zero-order valence-electron chi connectivity index (χ0n) is 13.4. The molecule has 0 aromatic carbocycles. The molecule has 0 saturated carbocycles. The molecule has 2 aliphatic rings. The van der Waals surface area contributed by atoms with Gasteiger partial charge in [0.25, 0.3) is 5.91 Å². The summed E-state index contributed by atoms with van der Waals surface area (Å²) in [4.78, 5) is 18.6. The molecule has 1 amide bonds. The van der Waals surface area contributed by atoms with Gasteiger partial charge in [-0.15, -0.1) is 0 Å². The van der Waals surface area contributed by atoms with E-state index in [4.69, 9.17) is 9.47 Å². The van der Waals surface area contributed by atoms with Crippen LogP contribution in [0, 0.1) is 0 Å². The maximum Gasteiger partial charge on any atom is 0.254 e. The molecule has 1 spiro atoms. The van der Waals surface area contributed by atoms with Crippen molar-refractivity contribution in [3.63, 3.8) is 0 Å². The van der Waals surface area contributed by atoms with Crippen molar-refractivity contribution >= 4 is 17.2 Å². The number of carbonyl (C=O) groups excluding carboxylic acids is 1. The zero-order valence-corrected chi connectivity index (χ0v) is 14.2. The van der Waals surface area contributed by atoms with Gasteiger partial charge in [-0.1, -0.05) is 6.07 Å². The van der Waals surface area contributed by atoms with Gasteiger partial charge < -0.3 is 14.4 Å². The van der Waals surface area contributed by atoms with Crippen molar-refractivity contribution in [3.8, 4) is 5.88 Å². The van der Waals surface area contributed by atoms with Crippen molar-refractivity contribution in [2.45, 2.75) is 31.0 Å². The summed E-state index contributed by atoms with van der Waals surface area (Å²) >= 11 is 1.56. The lowest BCUT2D eigenvalue weighted by molar-refractivity contribution is -0.0396. The van der Waals surface area contributed by atoms with E-state index < -0.39 is 0 Å². The third kappa shape index (κ3) is 3.16. The quantitative estimate of drug-likeness (QED) is 0.859. The van der Waals surface area contributed by atoms with E-state index in [9.17, 15) is 4.79 Å². The zero-order chi connectivity index (χ0) is 16.4. The van der Waals surface area contributed by atoms with Crippen molar-refractivity contribution in [2.24, 2.45) is 0 Å². The van der Waals surface area contributed by atoms with Crippen LogP contribution in [-0.4, -0.2) is 47.2 Å². The van der Waals surface area contributed by atoms with Crippen molar-refractivity contribution in [1.82, 2.24) is 9.88 Å². The highest BCUT2D eigenvalue weighted by Gasteiger charge is 2.44. The fraction of sp³-hybridized carbons (Fsp3) is 0.444. The molecule has 0 N–H and O–H groups in total. The third-order valence-electron chi connectivity index (χ3n) is 4.83. The molecule has 126 valence electrons. The highest BCUT2D eigenvalue weighted by Crippen LogP contribution is 2.37. The molecule has 24 heavy (non-hydrogen) atoms. The van der Waals surface area contributed by atoms with Gasteiger partial charge in [-0.3, -0.25) is 4.79 Å². The van der Waals surface area contributed by atoms with E-state index in [2.05, 4.69) is 4.98 Å². The third-order valence-corrected chi connectivity index (χ3v) is 5.51. The molecule has 2 saturated heterocycles. The van der Waals surface area contributed by atoms with Crippen molar-refractivity contribution < 1.29 is 14.3 Å². The Kier molecular flexibility index (Phi) is 4.24. The number of piperidine rings is 1. The van der Waals surface area contributed by atoms with E-state index in [0.29, 0.717) is 12.5 Å². The first-order chi connectivity index (χ1) is 11.7. The second-order valence-corrected chi connectivity index (χ2v) is 7.19. The first-order valence-electron chi connectivity index (χ1n) is 8.27. The van der Waals surface area contributed by atoms with E-state index in [0.717, 1.165) is 37.9 Å². The number of rotatable bonds is 3. The number of ether oxygens (including phenoxy) is 2. The lowest BCUT2D eigenvalue weighted by Gasteiger charge is -2.38. The predicted molar refractivity (Wildman–Crippen MR) is 91.4 cm³/mol. The molecule has 0 aliphatic carbocycles. The smallest absolute Gasteiger partial charge is 0.254 e. The molecule has 4 heterocycles. The first kappa shape index (κ1) is 15.6. The van der Waals surface area contributed by atoms with E-state index in [1.165, 1.54) is 0 Å². The Morgan fingerprint density at radius 1 is 1.33 bits per heavy atom. The van der Waals surface area contributed by atoms with Gasteiger partial charge in [0.15, 0.2) is 0 Å². The molecule has 4 rings (SSSR count). The maximum atomic E-state index is 12.4. The van der Waals surface area contributed by atoms with Gasteiger partial charge >= 0.3 is 0 Å². The summed E-state index contributed by atoms with van der Waals surface area (Å²) in [6.45, 7) is 2.07. The molecule has 1 atom stereocenters. The average molecular weight is 344 g/mol. The van der Waals surface area contributed by atoms with Crippen molar-refractivity contribution in [3.05, 3.63) is 46.8 Å². The lowest BCUT2D eigenvalue weighted by Crippen LogP contribution is -2.46. The van der Waals surface area contributed by atoms with Gasteiger partial charge in [-0.2, -0.15) is 11.3 Å². The highest BCUT2D eigenvalue weighted by atomic mass is 32.1. The second-order valence-electron chi connectivity index (χ2n) is 6.41. The van der Waals surface area contributed by atoms with Crippen LogP contribution in [0.15, 0.2) is 41.2 Å². The summed E-state index contributed by atoms with van der Waals surface area (Å²) in [5.74, 6) is 0.776. The van der Waals surface area contributed by atoms with Crippen LogP contribution >= 0.6 is 11.3 Å². The van der Waals surface area contributed by atoms with Crippen LogP contribution in [0.25, 0.3) is 0 Å². The van der Waals surface area contributed by atoms with Gasteiger partial charge in [0.2, 0.25) is 5.88 Å². The lowest BCUT2D eigenvalue weighted by atomic mass is 9.88. The number of amides is 1.